The molecule has 1 amide bonds. The summed E-state index contributed by atoms with van der Waals surface area (Å²) in [5, 5.41) is 15.2. The van der Waals surface area contributed by atoms with Crippen LogP contribution in [-0.4, -0.2) is 12.5 Å². The van der Waals surface area contributed by atoms with E-state index in [-0.39, 0.29) is 5.91 Å². The van der Waals surface area contributed by atoms with Crippen LogP contribution < -0.4 is 10.6 Å². The summed E-state index contributed by atoms with van der Waals surface area (Å²) >= 11 is 0. The van der Waals surface area contributed by atoms with Gasteiger partial charge in [-0.05, 0) is 23.8 Å². The minimum absolute atomic E-state index is 0.0131. The van der Waals surface area contributed by atoms with Crippen molar-refractivity contribution in [2.75, 3.05) is 17.2 Å². The third-order valence-corrected chi connectivity index (χ3v) is 3.30. The van der Waals surface area contributed by atoms with Crippen molar-refractivity contribution in [3.8, 4) is 17.2 Å². The van der Waals surface area contributed by atoms with E-state index in [9.17, 15) is 4.79 Å². The second-order valence-corrected chi connectivity index (χ2v) is 4.65. The quantitative estimate of drug-likeness (QED) is 0.831. The zero-order chi connectivity index (χ0) is 13.9. The Hall–Kier alpha value is -2.80. The Balaban J connectivity index is 2.13. The van der Waals surface area contributed by atoms with Gasteiger partial charge in [0, 0.05) is 18.5 Å². The second kappa shape index (κ2) is 5.06. The minimum Gasteiger partial charge on any atom is -0.382 e. The maximum Gasteiger partial charge on any atom is 0.226 e. The van der Waals surface area contributed by atoms with Crippen LogP contribution in [0.4, 0.5) is 11.4 Å². The molecule has 0 aliphatic carbocycles. The van der Waals surface area contributed by atoms with Gasteiger partial charge in [-0.1, -0.05) is 24.3 Å². The first-order valence-electron chi connectivity index (χ1n) is 6.45. The molecule has 4 nitrogen and oxygen atoms in total. The molecule has 0 fully saturated rings. The van der Waals surface area contributed by atoms with Crippen molar-refractivity contribution in [1.29, 1.82) is 5.26 Å². The van der Waals surface area contributed by atoms with Gasteiger partial charge in [0.1, 0.15) is 0 Å². The van der Waals surface area contributed by atoms with Gasteiger partial charge in [-0.3, -0.25) is 4.79 Å². The molecule has 0 radical (unpaired) electrons. The van der Waals surface area contributed by atoms with Gasteiger partial charge in [0.15, 0.2) is 0 Å². The average molecular weight is 263 g/mol. The van der Waals surface area contributed by atoms with Crippen molar-refractivity contribution >= 4 is 17.3 Å². The van der Waals surface area contributed by atoms with Crippen LogP contribution in [0.2, 0.25) is 0 Å². The summed E-state index contributed by atoms with van der Waals surface area (Å²) in [6, 6.07) is 15.4. The zero-order valence-corrected chi connectivity index (χ0v) is 10.8. The summed E-state index contributed by atoms with van der Waals surface area (Å²) in [7, 11) is 0. The molecule has 20 heavy (non-hydrogen) atoms. The Morgan fingerprint density at radius 3 is 2.85 bits per heavy atom. The molecule has 3 rings (SSSR count). The number of anilines is 2. The zero-order valence-electron chi connectivity index (χ0n) is 10.8. The van der Waals surface area contributed by atoms with Gasteiger partial charge in [-0.15, -0.1) is 0 Å². The molecule has 2 aromatic rings. The van der Waals surface area contributed by atoms with Crippen LogP contribution in [-0.2, 0) is 4.79 Å². The molecule has 0 bridgehead atoms. The number of hydrogen-bond acceptors (Lipinski definition) is 3. The van der Waals surface area contributed by atoms with E-state index in [0.717, 1.165) is 22.5 Å². The van der Waals surface area contributed by atoms with Crippen molar-refractivity contribution in [2.24, 2.45) is 0 Å². The Labute approximate surface area is 117 Å². The standard InChI is InChI=1S/C16H13N3O/c17-10-11-3-1-4-12(9-11)13-5-2-6-14-16(13)18-8-7-15(20)19-14/h1-6,9,18H,7-8H2,(H,19,20). The van der Waals surface area contributed by atoms with E-state index in [1.54, 1.807) is 6.07 Å². The summed E-state index contributed by atoms with van der Waals surface area (Å²) < 4.78 is 0. The van der Waals surface area contributed by atoms with Gasteiger partial charge in [-0.2, -0.15) is 5.26 Å². The fraction of sp³-hybridized carbons (Fsp3) is 0.125. The number of para-hydroxylation sites is 1. The van der Waals surface area contributed by atoms with Crippen LogP contribution in [0.1, 0.15) is 12.0 Å². The number of nitrogens with zero attached hydrogens (tertiary/aromatic N) is 1. The molecule has 0 unspecified atom stereocenters. The van der Waals surface area contributed by atoms with E-state index in [4.69, 9.17) is 5.26 Å². The molecule has 0 saturated carbocycles. The van der Waals surface area contributed by atoms with E-state index in [1.165, 1.54) is 0 Å². The molecule has 98 valence electrons. The highest BCUT2D eigenvalue weighted by molar-refractivity contribution is 5.99. The predicted molar refractivity (Wildman–Crippen MR) is 78.3 cm³/mol. The number of nitrogens with one attached hydrogen (secondary N) is 2. The van der Waals surface area contributed by atoms with E-state index >= 15 is 0 Å². The molecule has 0 spiro atoms. The highest BCUT2D eigenvalue weighted by Gasteiger charge is 2.15. The van der Waals surface area contributed by atoms with Gasteiger partial charge in [0.25, 0.3) is 0 Å². The third kappa shape index (κ3) is 2.21. The number of carbonyl (C=O) groups excluding carboxylic acids is 1. The molecular weight excluding hydrogens is 250 g/mol. The van der Waals surface area contributed by atoms with E-state index in [0.29, 0.717) is 18.5 Å². The van der Waals surface area contributed by atoms with Crippen molar-refractivity contribution < 1.29 is 4.79 Å². The van der Waals surface area contributed by atoms with Gasteiger partial charge in [0.2, 0.25) is 5.91 Å². The number of benzene rings is 2. The first-order valence-corrected chi connectivity index (χ1v) is 6.45. The summed E-state index contributed by atoms with van der Waals surface area (Å²) in [6.07, 6.45) is 0.451. The molecular formula is C16H13N3O. The Morgan fingerprint density at radius 2 is 2.00 bits per heavy atom. The lowest BCUT2D eigenvalue weighted by Crippen LogP contribution is -2.10. The predicted octanol–water partition coefficient (Wildman–Crippen LogP) is 2.98. The smallest absolute Gasteiger partial charge is 0.226 e. The first kappa shape index (κ1) is 12.2. The summed E-state index contributed by atoms with van der Waals surface area (Å²) in [6.45, 7) is 0.605. The molecule has 1 heterocycles. The van der Waals surface area contributed by atoms with Gasteiger partial charge < -0.3 is 10.6 Å². The third-order valence-electron chi connectivity index (χ3n) is 3.30. The maximum absolute atomic E-state index is 11.6. The maximum atomic E-state index is 11.6. The SMILES string of the molecule is N#Cc1cccc(-c2cccc3c2NCCC(=O)N3)c1. The Kier molecular flexibility index (Phi) is 3.10. The molecule has 4 heteroatoms. The number of hydrogen-bond donors (Lipinski definition) is 2. The second-order valence-electron chi connectivity index (χ2n) is 4.65. The lowest BCUT2D eigenvalue weighted by Gasteiger charge is -2.13. The number of nitriles is 1. The molecule has 1 aliphatic rings. The van der Waals surface area contributed by atoms with Gasteiger partial charge in [0.05, 0.1) is 23.0 Å². The van der Waals surface area contributed by atoms with Crippen LogP contribution in [0.15, 0.2) is 42.5 Å². The Morgan fingerprint density at radius 1 is 1.15 bits per heavy atom. The largest absolute Gasteiger partial charge is 0.382 e. The average Bonchev–Trinajstić information content (AvgIpc) is 2.67. The lowest BCUT2D eigenvalue weighted by atomic mass is 10.0. The van der Waals surface area contributed by atoms with Crippen molar-refractivity contribution in [1.82, 2.24) is 0 Å². The monoisotopic (exact) mass is 263 g/mol. The van der Waals surface area contributed by atoms with Crippen LogP contribution >= 0.6 is 0 Å². The van der Waals surface area contributed by atoms with E-state index < -0.39 is 0 Å². The summed E-state index contributed by atoms with van der Waals surface area (Å²) in [4.78, 5) is 11.6. The number of carbonyl (C=O) groups is 1. The van der Waals surface area contributed by atoms with E-state index in [1.807, 2.05) is 36.4 Å². The van der Waals surface area contributed by atoms with Crippen LogP contribution in [0.25, 0.3) is 11.1 Å². The molecule has 0 saturated heterocycles. The highest BCUT2D eigenvalue weighted by Crippen LogP contribution is 2.35. The van der Waals surface area contributed by atoms with Gasteiger partial charge >= 0.3 is 0 Å². The minimum atomic E-state index is 0.0131. The van der Waals surface area contributed by atoms with Crippen molar-refractivity contribution in [3.05, 3.63) is 48.0 Å². The number of rotatable bonds is 1. The topological polar surface area (TPSA) is 64.9 Å². The van der Waals surface area contributed by atoms with Crippen LogP contribution in [0.3, 0.4) is 0 Å². The summed E-state index contributed by atoms with van der Waals surface area (Å²) in [5.74, 6) is 0.0131. The molecule has 2 N–H and O–H groups in total. The molecule has 0 aromatic heterocycles. The van der Waals surface area contributed by atoms with Crippen molar-refractivity contribution in [2.45, 2.75) is 6.42 Å². The lowest BCUT2D eigenvalue weighted by molar-refractivity contribution is -0.115. The van der Waals surface area contributed by atoms with Crippen molar-refractivity contribution in [3.63, 3.8) is 0 Å². The van der Waals surface area contributed by atoms with Gasteiger partial charge in [-0.25, -0.2) is 0 Å². The Bertz CT molecular complexity index is 716. The normalized spacial score (nSPS) is 13.4. The fourth-order valence-electron chi connectivity index (χ4n) is 2.36. The molecule has 0 atom stereocenters. The van der Waals surface area contributed by atoms with Crippen LogP contribution in [0.5, 0.6) is 0 Å². The first-order chi connectivity index (χ1) is 9.78. The van der Waals surface area contributed by atoms with Crippen LogP contribution in [0, 0.1) is 11.3 Å². The summed E-state index contributed by atoms with van der Waals surface area (Å²) in [5.41, 5.74) is 4.27. The molecule has 2 aromatic carbocycles. The fourth-order valence-corrected chi connectivity index (χ4v) is 2.36. The molecule has 1 aliphatic heterocycles. The highest BCUT2D eigenvalue weighted by atomic mass is 16.1. The van der Waals surface area contributed by atoms with E-state index in [2.05, 4.69) is 16.7 Å². The number of fused-ring (bicyclic) bond motifs is 1. The number of amides is 1.